The normalized spacial score (nSPS) is 20.9. The average molecular weight is 289 g/mol. The van der Waals surface area contributed by atoms with Crippen LogP contribution in [0.4, 0.5) is 5.69 Å². The maximum atomic E-state index is 6.06. The van der Waals surface area contributed by atoms with Crippen molar-refractivity contribution in [3.05, 3.63) is 29.0 Å². The minimum atomic E-state index is -0.471. The van der Waals surface area contributed by atoms with Crippen molar-refractivity contribution < 1.29 is 9.31 Å². The molecule has 0 atom stereocenters. The van der Waals surface area contributed by atoms with E-state index in [0.29, 0.717) is 17.9 Å². The molecule has 0 saturated carbocycles. The summed E-state index contributed by atoms with van der Waals surface area (Å²) in [5.41, 5.74) is 14.3. The fourth-order valence-electron chi connectivity index (χ4n) is 2.10. The van der Waals surface area contributed by atoms with Crippen LogP contribution >= 0.6 is 0 Å². The number of anilines is 1. The van der Waals surface area contributed by atoms with Gasteiger partial charge in [0, 0.05) is 12.7 Å². The molecule has 0 spiro atoms. The van der Waals surface area contributed by atoms with Crippen LogP contribution in [0.15, 0.2) is 17.7 Å². The van der Waals surface area contributed by atoms with Crippen LogP contribution in [-0.2, 0) is 9.31 Å². The molecule has 0 amide bonds. The van der Waals surface area contributed by atoms with Crippen LogP contribution in [0.1, 0.15) is 39.0 Å². The van der Waals surface area contributed by atoms with Crippen LogP contribution in [0.2, 0.25) is 0 Å². The van der Waals surface area contributed by atoms with Crippen molar-refractivity contribution in [3.8, 4) is 0 Å². The number of hydrogen-bond donors (Lipinski definition) is 2. The molecule has 0 bridgehead atoms. The lowest BCUT2D eigenvalue weighted by molar-refractivity contribution is 0.00578. The summed E-state index contributed by atoms with van der Waals surface area (Å²) in [4.78, 5) is 4.30. The molecule has 1 aromatic heterocycles. The van der Waals surface area contributed by atoms with E-state index in [4.69, 9.17) is 20.8 Å². The highest BCUT2D eigenvalue weighted by Crippen LogP contribution is 2.38. The molecule has 21 heavy (non-hydrogen) atoms. The van der Waals surface area contributed by atoms with Crippen molar-refractivity contribution in [2.45, 2.75) is 45.8 Å². The number of nitrogens with two attached hydrogens (primary N) is 2. The quantitative estimate of drug-likeness (QED) is 0.831. The number of nitrogens with zero attached hydrogens (tertiary/aromatic N) is 1. The van der Waals surface area contributed by atoms with Crippen LogP contribution in [0, 0.1) is 6.92 Å². The summed E-state index contributed by atoms with van der Waals surface area (Å²) in [7, 11) is -0.471. The van der Waals surface area contributed by atoms with Crippen LogP contribution in [-0.4, -0.2) is 29.8 Å². The molecular weight excluding hydrogens is 265 g/mol. The van der Waals surface area contributed by atoms with E-state index >= 15 is 0 Å². The Labute approximate surface area is 126 Å². The number of rotatable bonds is 3. The summed E-state index contributed by atoms with van der Waals surface area (Å²) in [6.45, 7) is 10.3. The zero-order valence-corrected chi connectivity index (χ0v) is 13.4. The average Bonchev–Trinajstić information content (AvgIpc) is 2.60. The zero-order valence-electron chi connectivity index (χ0n) is 13.4. The summed E-state index contributed by atoms with van der Waals surface area (Å²) in [5.74, 6) is 0. The van der Waals surface area contributed by atoms with Crippen LogP contribution in [0.3, 0.4) is 0 Å². The molecule has 0 unspecified atom stereocenters. The number of aryl methyl sites for hydroxylation is 1. The molecular formula is C15H24BN3O2. The van der Waals surface area contributed by atoms with E-state index in [1.165, 1.54) is 0 Å². The second kappa shape index (κ2) is 5.44. The number of nitrogen functional groups attached to an aromatic ring is 1. The van der Waals surface area contributed by atoms with Crippen molar-refractivity contribution in [1.82, 2.24) is 4.98 Å². The Morgan fingerprint density at radius 3 is 2.38 bits per heavy atom. The first kappa shape index (κ1) is 16.0. The Morgan fingerprint density at radius 1 is 1.29 bits per heavy atom. The third-order valence-corrected chi connectivity index (χ3v) is 4.35. The van der Waals surface area contributed by atoms with Gasteiger partial charge in [0.15, 0.2) is 0 Å². The third-order valence-electron chi connectivity index (χ3n) is 4.35. The second-order valence-electron chi connectivity index (χ2n) is 6.44. The molecule has 5 nitrogen and oxygen atoms in total. The Kier molecular flexibility index (Phi) is 4.15. The maximum Gasteiger partial charge on any atom is 0.491 e. The molecule has 6 heteroatoms. The van der Waals surface area contributed by atoms with Gasteiger partial charge in [-0.05, 0) is 57.8 Å². The van der Waals surface area contributed by atoms with Gasteiger partial charge in [0.2, 0.25) is 0 Å². The molecule has 2 rings (SSSR count). The third kappa shape index (κ3) is 2.97. The van der Waals surface area contributed by atoms with Crippen LogP contribution in [0.5, 0.6) is 0 Å². The van der Waals surface area contributed by atoms with Crippen molar-refractivity contribution >= 4 is 18.9 Å². The monoisotopic (exact) mass is 289 g/mol. The molecule has 114 valence electrons. The van der Waals surface area contributed by atoms with Crippen molar-refractivity contribution in [3.63, 3.8) is 0 Å². The fraction of sp³-hybridized carbons (Fsp3) is 0.533. The van der Waals surface area contributed by atoms with Crippen LogP contribution in [0.25, 0.3) is 6.08 Å². The van der Waals surface area contributed by atoms with Gasteiger partial charge in [-0.3, -0.25) is 4.98 Å². The smallest absolute Gasteiger partial charge is 0.400 e. The first-order chi connectivity index (χ1) is 9.68. The largest absolute Gasteiger partial charge is 0.491 e. The topological polar surface area (TPSA) is 83.4 Å². The Morgan fingerprint density at radius 2 is 1.86 bits per heavy atom. The predicted octanol–water partition coefficient (Wildman–Crippen LogP) is 1.95. The molecule has 0 aliphatic carbocycles. The minimum absolute atomic E-state index is 0.325. The predicted molar refractivity (Wildman–Crippen MR) is 86.5 cm³/mol. The Bertz CT molecular complexity index is 554. The van der Waals surface area contributed by atoms with Crippen molar-refractivity contribution in [2.75, 3.05) is 12.3 Å². The second-order valence-corrected chi connectivity index (χ2v) is 6.44. The molecule has 1 aromatic rings. The SMILES string of the molecule is Cc1ccnc(C=C(CN)B2OC(C)(C)C(C)(C)O2)c1N. The van der Waals surface area contributed by atoms with E-state index < -0.39 is 18.3 Å². The van der Waals surface area contributed by atoms with E-state index in [9.17, 15) is 0 Å². The van der Waals surface area contributed by atoms with Gasteiger partial charge in [-0.15, -0.1) is 0 Å². The van der Waals surface area contributed by atoms with E-state index in [2.05, 4.69) is 4.98 Å². The minimum Gasteiger partial charge on any atom is -0.400 e. The first-order valence-electron chi connectivity index (χ1n) is 7.15. The van der Waals surface area contributed by atoms with E-state index in [1.807, 2.05) is 46.8 Å². The number of aromatic nitrogens is 1. The van der Waals surface area contributed by atoms with Gasteiger partial charge in [-0.2, -0.15) is 0 Å². The van der Waals surface area contributed by atoms with Gasteiger partial charge in [-0.1, -0.05) is 0 Å². The van der Waals surface area contributed by atoms with Gasteiger partial charge in [0.05, 0.1) is 22.6 Å². The first-order valence-corrected chi connectivity index (χ1v) is 7.15. The maximum absolute atomic E-state index is 6.06. The molecule has 4 N–H and O–H groups in total. The van der Waals surface area contributed by atoms with Gasteiger partial charge in [-0.25, -0.2) is 0 Å². The highest BCUT2D eigenvalue weighted by atomic mass is 16.7. The van der Waals surface area contributed by atoms with E-state index in [0.717, 1.165) is 11.0 Å². The van der Waals surface area contributed by atoms with Crippen molar-refractivity contribution in [1.29, 1.82) is 0 Å². The van der Waals surface area contributed by atoms with E-state index in [1.54, 1.807) is 6.20 Å². The number of hydrogen-bond acceptors (Lipinski definition) is 5. The van der Waals surface area contributed by atoms with Gasteiger partial charge >= 0.3 is 7.12 Å². The fourth-order valence-corrected chi connectivity index (χ4v) is 2.10. The Hall–Kier alpha value is -1.37. The molecule has 0 radical (unpaired) electrons. The zero-order chi connectivity index (χ0) is 15.8. The summed E-state index contributed by atoms with van der Waals surface area (Å²) in [5, 5.41) is 0. The lowest BCUT2D eigenvalue weighted by Crippen LogP contribution is -2.41. The highest BCUT2D eigenvalue weighted by Gasteiger charge is 2.52. The molecule has 2 heterocycles. The standard InChI is InChI=1S/C15H24BN3O2/c1-10-6-7-19-12(13(10)18)8-11(9-17)16-20-14(2,3)15(4,5)21-16/h6-8H,9,17-18H2,1-5H3. The molecule has 1 aliphatic rings. The van der Waals surface area contributed by atoms with Crippen molar-refractivity contribution in [2.24, 2.45) is 5.73 Å². The van der Waals surface area contributed by atoms with Crippen LogP contribution < -0.4 is 11.5 Å². The highest BCUT2D eigenvalue weighted by molar-refractivity contribution is 6.55. The van der Waals surface area contributed by atoms with Gasteiger partial charge < -0.3 is 20.8 Å². The molecule has 1 aliphatic heterocycles. The van der Waals surface area contributed by atoms with Gasteiger partial charge in [0.1, 0.15) is 0 Å². The molecule has 0 aromatic carbocycles. The summed E-state index contributed by atoms with van der Waals surface area (Å²) in [6.07, 6.45) is 3.60. The molecule has 1 saturated heterocycles. The van der Waals surface area contributed by atoms with Gasteiger partial charge in [0.25, 0.3) is 0 Å². The summed E-state index contributed by atoms with van der Waals surface area (Å²) in [6, 6.07) is 1.88. The molecule has 1 fully saturated rings. The van der Waals surface area contributed by atoms with E-state index in [-0.39, 0.29) is 0 Å². The lowest BCUT2D eigenvalue weighted by Gasteiger charge is -2.32. The lowest BCUT2D eigenvalue weighted by atomic mass is 9.77. The summed E-state index contributed by atoms with van der Waals surface area (Å²) >= 11 is 0. The Balaban J connectivity index is 2.33. The number of pyridine rings is 1. The summed E-state index contributed by atoms with van der Waals surface area (Å²) < 4.78 is 12.0.